The summed E-state index contributed by atoms with van der Waals surface area (Å²) in [6.07, 6.45) is 3.02. The highest BCUT2D eigenvalue weighted by molar-refractivity contribution is 4.90. The predicted octanol–water partition coefficient (Wildman–Crippen LogP) is 2.28. The van der Waals surface area contributed by atoms with E-state index >= 15 is 0 Å². The summed E-state index contributed by atoms with van der Waals surface area (Å²) < 4.78 is 11.5. The Hall–Kier alpha value is -0.160. The van der Waals surface area contributed by atoms with Crippen LogP contribution < -0.4 is 5.32 Å². The monoisotopic (exact) mass is 298 g/mol. The molecule has 21 heavy (non-hydrogen) atoms. The van der Waals surface area contributed by atoms with Crippen LogP contribution in [0.4, 0.5) is 0 Å². The van der Waals surface area contributed by atoms with E-state index in [1.807, 2.05) is 0 Å². The molecule has 0 radical (unpaired) electrons. The van der Waals surface area contributed by atoms with Crippen molar-refractivity contribution in [3.05, 3.63) is 0 Å². The van der Waals surface area contributed by atoms with Crippen molar-refractivity contribution in [3.8, 4) is 0 Å². The lowest BCUT2D eigenvalue weighted by Crippen LogP contribution is -2.54. The Balaban J connectivity index is 1.98. The fraction of sp³-hybridized carbons (Fsp3) is 1.00. The van der Waals surface area contributed by atoms with Crippen molar-refractivity contribution in [2.24, 2.45) is 5.41 Å². The molecule has 4 heteroatoms. The minimum Gasteiger partial charge on any atom is -0.381 e. The lowest BCUT2D eigenvalue weighted by Gasteiger charge is -2.45. The van der Waals surface area contributed by atoms with Gasteiger partial charge in [-0.2, -0.15) is 0 Å². The molecule has 0 aliphatic carbocycles. The number of nitrogens with zero attached hydrogens (tertiary/aromatic N) is 1. The van der Waals surface area contributed by atoms with Crippen molar-refractivity contribution in [1.82, 2.24) is 10.2 Å². The predicted molar refractivity (Wildman–Crippen MR) is 86.7 cm³/mol. The molecular weight excluding hydrogens is 264 g/mol. The van der Waals surface area contributed by atoms with Crippen molar-refractivity contribution in [2.75, 3.05) is 39.4 Å². The highest BCUT2D eigenvalue weighted by atomic mass is 16.5. The van der Waals surface area contributed by atoms with Gasteiger partial charge in [0, 0.05) is 44.9 Å². The van der Waals surface area contributed by atoms with Gasteiger partial charge >= 0.3 is 0 Å². The molecule has 2 atom stereocenters. The lowest BCUT2D eigenvalue weighted by atomic mass is 9.78. The summed E-state index contributed by atoms with van der Waals surface area (Å²) in [7, 11) is 0. The van der Waals surface area contributed by atoms with E-state index < -0.39 is 0 Å². The molecule has 0 spiro atoms. The van der Waals surface area contributed by atoms with Crippen LogP contribution in [0.2, 0.25) is 0 Å². The van der Waals surface area contributed by atoms with E-state index in [0.29, 0.717) is 17.6 Å². The first-order chi connectivity index (χ1) is 9.78. The van der Waals surface area contributed by atoms with Gasteiger partial charge in [-0.3, -0.25) is 4.90 Å². The van der Waals surface area contributed by atoms with Gasteiger partial charge < -0.3 is 14.8 Å². The average molecular weight is 298 g/mol. The molecule has 1 N–H and O–H groups in total. The van der Waals surface area contributed by atoms with Gasteiger partial charge in [-0.25, -0.2) is 0 Å². The number of hydrogen-bond donors (Lipinski definition) is 1. The van der Waals surface area contributed by atoms with E-state index in [9.17, 15) is 0 Å². The van der Waals surface area contributed by atoms with Crippen LogP contribution in [0.25, 0.3) is 0 Å². The van der Waals surface area contributed by atoms with Crippen molar-refractivity contribution in [1.29, 1.82) is 0 Å². The van der Waals surface area contributed by atoms with Crippen LogP contribution in [0, 0.1) is 5.41 Å². The first kappa shape index (κ1) is 17.2. The van der Waals surface area contributed by atoms with Gasteiger partial charge in [0.05, 0.1) is 12.2 Å². The third-order valence-corrected chi connectivity index (χ3v) is 4.60. The molecule has 0 aromatic heterocycles. The fourth-order valence-corrected chi connectivity index (χ4v) is 3.54. The van der Waals surface area contributed by atoms with Gasteiger partial charge in [0.25, 0.3) is 0 Å². The molecule has 2 heterocycles. The quantitative estimate of drug-likeness (QED) is 0.863. The highest BCUT2D eigenvalue weighted by Crippen LogP contribution is 2.32. The van der Waals surface area contributed by atoms with E-state index in [1.54, 1.807) is 0 Å². The summed E-state index contributed by atoms with van der Waals surface area (Å²) in [6, 6.07) is 0. The molecule has 0 unspecified atom stereocenters. The Morgan fingerprint density at radius 1 is 1.10 bits per heavy atom. The molecule has 0 amide bonds. The SMILES string of the molecule is C[C@@H]1CN(CC2(CNC(C)(C)C)CCOCC2)C[C@H](C)O1. The Morgan fingerprint density at radius 3 is 2.19 bits per heavy atom. The van der Waals surface area contributed by atoms with E-state index in [1.165, 1.54) is 0 Å². The molecule has 124 valence electrons. The van der Waals surface area contributed by atoms with Crippen molar-refractivity contribution >= 4 is 0 Å². The summed E-state index contributed by atoms with van der Waals surface area (Å²) in [6.45, 7) is 17.3. The average Bonchev–Trinajstić information content (AvgIpc) is 2.35. The topological polar surface area (TPSA) is 33.7 Å². The zero-order valence-electron chi connectivity index (χ0n) is 14.6. The van der Waals surface area contributed by atoms with Gasteiger partial charge in [-0.1, -0.05) is 0 Å². The summed E-state index contributed by atoms with van der Waals surface area (Å²) >= 11 is 0. The van der Waals surface area contributed by atoms with Gasteiger partial charge in [0.15, 0.2) is 0 Å². The normalized spacial score (nSPS) is 31.3. The minimum atomic E-state index is 0.177. The third-order valence-electron chi connectivity index (χ3n) is 4.60. The van der Waals surface area contributed by atoms with Gasteiger partial charge in [-0.05, 0) is 52.9 Å². The third kappa shape index (κ3) is 5.51. The van der Waals surface area contributed by atoms with Gasteiger partial charge in [0.1, 0.15) is 0 Å². The molecule has 2 rings (SSSR count). The van der Waals surface area contributed by atoms with Gasteiger partial charge in [-0.15, -0.1) is 0 Å². The van der Waals surface area contributed by atoms with E-state index in [2.05, 4.69) is 44.8 Å². The maximum absolute atomic E-state index is 5.87. The van der Waals surface area contributed by atoms with Crippen LogP contribution in [0.1, 0.15) is 47.5 Å². The van der Waals surface area contributed by atoms with Crippen LogP contribution in [0.3, 0.4) is 0 Å². The Labute approximate surface area is 130 Å². The van der Waals surface area contributed by atoms with Crippen molar-refractivity contribution < 1.29 is 9.47 Å². The molecule has 2 aliphatic heterocycles. The maximum atomic E-state index is 5.87. The van der Waals surface area contributed by atoms with E-state index in [0.717, 1.165) is 52.2 Å². The van der Waals surface area contributed by atoms with E-state index in [-0.39, 0.29) is 5.54 Å². The molecule has 0 saturated carbocycles. The molecular formula is C17H34N2O2. The number of ether oxygens (including phenoxy) is 2. The standard InChI is InChI=1S/C17H34N2O2/c1-14-10-19(11-15(2)21-14)13-17(6-8-20-9-7-17)12-18-16(3,4)5/h14-15,18H,6-13H2,1-5H3/t14-,15+. The first-order valence-electron chi connectivity index (χ1n) is 8.49. The van der Waals surface area contributed by atoms with Crippen LogP contribution in [-0.2, 0) is 9.47 Å². The summed E-state index contributed by atoms with van der Waals surface area (Å²) in [5, 5.41) is 3.73. The Bertz CT molecular complexity index is 311. The van der Waals surface area contributed by atoms with Gasteiger partial charge in [0.2, 0.25) is 0 Å². The van der Waals surface area contributed by atoms with Crippen molar-refractivity contribution in [3.63, 3.8) is 0 Å². The molecule has 0 aromatic carbocycles. The largest absolute Gasteiger partial charge is 0.381 e. The number of rotatable bonds is 4. The number of hydrogen-bond acceptors (Lipinski definition) is 4. The highest BCUT2D eigenvalue weighted by Gasteiger charge is 2.37. The lowest BCUT2D eigenvalue weighted by molar-refractivity contribution is -0.0881. The van der Waals surface area contributed by atoms with Crippen molar-refractivity contribution in [2.45, 2.75) is 65.2 Å². The number of nitrogens with one attached hydrogen (secondary N) is 1. The fourth-order valence-electron chi connectivity index (χ4n) is 3.54. The second-order valence-electron chi connectivity index (χ2n) is 8.17. The van der Waals surface area contributed by atoms with Crippen LogP contribution >= 0.6 is 0 Å². The molecule has 0 aromatic rings. The second kappa shape index (κ2) is 6.95. The second-order valence-corrected chi connectivity index (χ2v) is 8.17. The molecule has 2 aliphatic rings. The smallest absolute Gasteiger partial charge is 0.0678 e. The summed E-state index contributed by atoms with van der Waals surface area (Å²) in [5.74, 6) is 0. The summed E-state index contributed by atoms with van der Waals surface area (Å²) in [5.41, 5.74) is 0.527. The Kier molecular flexibility index (Phi) is 5.69. The maximum Gasteiger partial charge on any atom is 0.0678 e. The Morgan fingerprint density at radius 2 is 1.67 bits per heavy atom. The molecule has 4 nitrogen and oxygen atoms in total. The zero-order chi connectivity index (χ0) is 15.5. The molecule has 2 saturated heterocycles. The zero-order valence-corrected chi connectivity index (χ0v) is 14.6. The first-order valence-corrected chi connectivity index (χ1v) is 8.49. The summed E-state index contributed by atoms with van der Waals surface area (Å²) in [4.78, 5) is 2.61. The van der Waals surface area contributed by atoms with Crippen LogP contribution in [0.15, 0.2) is 0 Å². The minimum absolute atomic E-state index is 0.177. The van der Waals surface area contributed by atoms with E-state index in [4.69, 9.17) is 9.47 Å². The molecule has 0 bridgehead atoms. The number of morpholine rings is 1. The molecule has 2 fully saturated rings. The van der Waals surface area contributed by atoms with Crippen LogP contribution in [-0.4, -0.2) is 62.0 Å². The van der Waals surface area contributed by atoms with Crippen LogP contribution in [0.5, 0.6) is 0 Å².